The zero-order chi connectivity index (χ0) is 24.2. The van der Waals surface area contributed by atoms with Crippen molar-refractivity contribution in [2.75, 3.05) is 47.1 Å². The number of aromatic nitrogens is 2. The fraction of sp³-hybridized carbons (Fsp3) is 0.286. The van der Waals surface area contributed by atoms with E-state index in [9.17, 15) is 4.79 Å². The number of fused-ring (bicyclic) bond motifs is 1. The van der Waals surface area contributed by atoms with Crippen LogP contribution >= 0.6 is 0 Å². The number of nitrogens with zero attached hydrogens (tertiary/aromatic N) is 3. The second kappa shape index (κ2) is 10.3. The molecule has 1 fully saturated rings. The standard InChI is InChI=1S/C28H29N3O4/c1-33-23-6-3-5-20(16-23)21-15-22(18-29-17-21)25-19-31(10-9-30-11-13-35-14-12-30)26-8-4-7-24(27(25)26)28(32)34-2/h3-8,15-19H,9-14H2,1-2H3. The van der Waals surface area contributed by atoms with Gasteiger partial charge in [0.15, 0.2) is 0 Å². The van der Waals surface area contributed by atoms with Crippen molar-refractivity contribution < 1.29 is 19.0 Å². The maximum Gasteiger partial charge on any atom is 0.338 e. The van der Waals surface area contributed by atoms with E-state index in [1.807, 2.05) is 48.8 Å². The molecule has 0 bridgehead atoms. The topological polar surface area (TPSA) is 65.8 Å². The number of carbonyl (C=O) groups is 1. The lowest BCUT2D eigenvalue weighted by Crippen LogP contribution is -2.38. The summed E-state index contributed by atoms with van der Waals surface area (Å²) in [7, 11) is 3.08. The quantitative estimate of drug-likeness (QED) is 0.370. The Morgan fingerprint density at radius 1 is 0.971 bits per heavy atom. The zero-order valence-corrected chi connectivity index (χ0v) is 20.1. The van der Waals surface area contributed by atoms with Crippen LogP contribution < -0.4 is 4.74 Å². The van der Waals surface area contributed by atoms with Gasteiger partial charge in [-0.25, -0.2) is 4.79 Å². The lowest BCUT2D eigenvalue weighted by atomic mass is 9.99. The van der Waals surface area contributed by atoms with Gasteiger partial charge in [-0.05, 0) is 35.9 Å². The fourth-order valence-electron chi connectivity index (χ4n) is 4.66. The van der Waals surface area contributed by atoms with Gasteiger partial charge in [-0.15, -0.1) is 0 Å². The van der Waals surface area contributed by atoms with Crippen molar-refractivity contribution in [1.82, 2.24) is 14.5 Å². The van der Waals surface area contributed by atoms with Gasteiger partial charge in [0, 0.05) is 72.4 Å². The summed E-state index contributed by atoms with van der Waals surface area (Å²) in [6.45, 7) is 5.14. The highest BCUT2D eigenvalue weighted by Gasteiger charge is 2.20. The highest BCUT2D eigenvalue weighted by atomic mass is 16.5. The van der Waals surface area contributed by atoms with Crippen molar-refractivity contribution in [2.24, 2.45) is 0 Å². The summed E-state index contributed by atoms with van der Waals surface area (Å²) in [5.41, 5.74) is 5.45. The Morgan fingerprint density at radius 3 is 2.57 bits per heavy atom. The van der Waals surface area contributed by atoms with Crippen molar-refractivity contribution in [3.63, 3.8) is 0 Å². The van der Waals surface area contributed by atoms with Crippen LogP contribution in [0.3, 0.4) is 0 Å². The predicted octanol–water partition coefficient (Wildman–Crippen LogP) is 4.50. The molecule has 0 amide bonds. The Bertz CT molecular complexity index is 1340. The van der Waals surface area contributed by atoms with Crippen molar-refractivity contribution in [2.45, 2.75) is 6.54 Å². The van der Waals surface area contributed by atoms with E-state index in [0.717, 1.165) is 78.3 Å². The molecule has 4 aromatic rings. The largest absolute Gasteiger partial charge is 0.497 e. The Balaban J connectivity index is 1.59. The van der Waals surface area contributed by atoms with Crippen LogP contribution in [0.5, 0.6) is 5.75 Å². The third-order valence-corrected chi connectivity index (χ3v) is 6.52. The number of benzene rings is 2. The number of rotatable bonds is 7. The molecular formula is C28H29N3O4. The highest BCUT2D eigenvalue weighted by Crippen LogP contribution is 2.35. The van der Waals surface area contributed by atoms with Crippen LogP contribution in [-0.2, 0) is 16.0 Å². The van der Waals surface area contributed by atoms with Gasteiger partial charge in [0.25, 0.3) is 0 Å². The summed E-state index contributed by atoms with van der Waals surface area (Å²) in [5.74, 6) is 0.445. The van der Waals surface area contributed by atoms with E-state index >= 15 is 0 Å². The molecule has 0 unspecified atom stereocenters. The molecule has 7 heteroatoms. The summed E-state index contributed by atoms with van der Waals surface area (Å²) in [6, 6.07) is 15.8. The van der Waals surface area contributed by atoms with E-state index in [-0.39, 0.29) is 5.97 Å². The first kappa shape index (κ1) is 23.1. The van der Waals surface area contributed by atoms with Gasteiger partial charge in [0.1, 0.15) is 5.75 Å². The molecule has 3 heterocycles. The van der Waals surface area contributed by atoms with Gasteiger partial charge in [-0.3, -0.25) is 9.88 Å². The van der Waals surface area contributed by atoms with Crippen molar-refractivity contribution in [3.05, 3.63) is 72.7 Å². The average Bonchev–Trinajstić information content (AvgIpc) is 3.31. The summed E-state index contributed by atoms with van der Waals surface area (Å²) < 4.78 is 18.2. The Hall–Kier alpha value is -3.68. The number of hydrogen-bond donors (Lipinski definition) is 0. The molecule has 2 aromatic carbocycles. The van der Waals surface area contributed by atoms with Gasteiger partial charge < -0.3 is 18.8 Å². The molecular weight excluding hydrogens is 442 g/mol. The van der Waals surface area contributed by atoms with E-state index in [1.54, 1.807) is 7.11 Å². The number of morpholine rings is 1. The summed E-state index contributed by atoms with van der Waals surface area (Å²) in [4.78, 5) is 19.6. The van der Waals surface area contributed by atoms with E-state index in [0.29, 0.717) is 5.56 Å². The number of esters is 1. The molecule has 1 aliphatic heterocycles. The number of pyridine rings is 1. The average molecular weight is 472 g/mol. The van der Waals surface area contributed by atoms with Crippen molar-refractivity contribution >= 4 is 16.9 Å². The van der Waals surface area contributed by atoms with E-state index < -0.39 is 0 Å². The fourth-order valence-corrected chi connectivity index (χ4v) is 4.66. The monoisotopic (exact) mass is 471 g/mol. The second-order valence-corrected chi connectivity index (χ2v) is 8.58. The molecule has 0 spiro atoms. The first-order valence-electron chi connectivity index (χ1n) is 11.8. The van der Waals surface area contributed by atoms with E-state index in [2.05, 4.69) is 32.8 Å². The maximum atomic E-state index is 12.7. The molecule has 0 aliphatic carbocycles. The molecule has 1 aliphatic rings. The van der Waals surface area contributed by atoms with Crippen LogP contribution in [0.4, 0.5) is 0 Å². The molecule has 0 N–H and O–H groups in total. The first-order valence-corrected chi connectivity index (χ1v) is 11.8. The molecule has 0 saturated carbocycles. The van der Waals surface area contributed by atoms with Gasteiger partial charge in [-0.2, -0.15) is 0 Å². The first-order chi connectivity index (χ1) is 17.2. The molecule has 0 radical (unpaired) electrons. The molecule has 35 heavy (non-hydrogen) atoms. The zero-order valence-electron chi connectivity index (χ0n) is 20.1. The molecule has 5 rings (SSSR count). The van der Waals surface area contributed by atoms with Gasteiger partial charge >= 0.3 is 5.97 Å². The minimum absolute atomic E-state index is 0.348. The predicted molar refractivity (Wildman–Crippen MR) is 136 cm³/mol. The highest BCUT2D eigenvalue weighted by molar-refractivity contribution is 6.10. The van der Waals surface area contributed by atoms with Crippen LogP contribution in [-0.4, -0.2) is 67.5 Å². The van der Waals surface area contributed by atoms with Crippen LogP contribution in [0.15, 0.2) is 67.1 Å². The van der Waals surface area contributed by atoms with Crippen LogP contribution in [0.2, 0.25) is 0 Å². The van der Waals surface area contributed by atoms with Gasteiger partial charge in [0.2, 0.25) is 0 Å². The molecule has 1 saturated heterocycles. The number of methoxy groups -OCH3 is 2. The van der Waals surface area contributed by atoms with Crippen LogP contribution in [0.1, 0.15) is 10.4 Å². The Kier molecular flexibility index (Phi) is 6.79. The van der Waals surface area contributed by atoms with Crippen LogP contribution in [0, 0.1) is 0 Å². The lowest BCUT2D eigenvalue weighted by molar-refractivity contribution is 0.0365. The van der Waals surface area contributed by atoms with Crippen molar-refractivity contribution in [3.8, 4) is 28.0 Å². The third kappa shape index (κ3) is 4.78. The smallest absolute Gasteiger partial charge is 0.338 e. The maximum absolute atomic E-state index is 12.7. The Labute approximate surface area is 204 Å². The molecule has 0 atom stereocenters. The molecule has 7 nitrogen and oxygen atoms in total. The minimum atomic E-state index is -0.348. The Morgan fingerprint density at radius 2 is 1.77 bits per heavy atom. The SMILES string of the molecule is COC(=O)c1cccc2c1c(-c1cncc(-c3cccc(OC)c3)c1)cn2CCN1CCOCC1. The van der Waals surface area contributed by atoms with E-state index in [1.165, 1.54) is 7.11 Å². The van der Waals surface area contributed by atoms with Crippen LogP contribution in [0.25, 0.3) is 33.2 Å². The summed E-state index contributed by atoms with van der Waals surface area (Å²) in [6.07, 6.45) is 5.82. The lowest BCUT2D eigenvalue weighted by Gasteiger charge is -2.26. The minimum Gasteiger partial charge on any atom is -0.497 e. The van der Waals surface area contributed by atoms with Gasteiger partial charge in [-0.1, -0.05) is 18.2 Å². The molecule has 2 aromatic heterocycles. The summed E-state index contributed by atoms with van der Waals surface area (Å²) >= 11 is 0. The normalized spacial score (nSPS) is 14.2. The number of hydrogen-bond acceptors (Lipinski definition) is 6. The van der Waals surface area contributed by atoms with E-state index in [4.69, 9.17) is 14.2 Å². The number of carbonyl (C=O) groups excluding carboxylic acids is 1. The van der Waals surface area contributed by atoms with Gasteiger partial charge in [0.05, 0.1) is 33.0 Å². The van der Waals surface area contributed by atoms with Crippen molar-refractivity contribution in [1.29, 1.82) is 0 Å². The summed E-state index contributed by atoms with van der Waals surface area (Å²) in [5, 5.41) is 0.880. The second-order valence-electron chi connectivity index (χ2n) is 8.58. The molecule has 180 valence electrons. The third-order valence-electron chi connectivity index (χ3n) is 6.52. The number of ether oxygens (including phenoxy) is 3.